The topological polar surface area (TPSA) is 15.3 Å². The van der Waals surface area contributed by atoms with Crippen LogP contribution in [0.2, 0.25) is 0 Å². The highest BCUT2D eigenvalue weighted by molar-refractivity contribution is 7.98. The normalized spacial score (nSPS) is 18.1. The standard InChI is InChI=1S/C12H24N2S/c1-10(7-13-12-5-6-12)8-14(3)11(2)9-15-4/h11-13H,1,5-9H2,2-4H3. The predicted octanol–water partition coefficient (Wildman–Crippen LogP) is 1.98. The molecule has 1 atom stereocenters. The van der Waals surface area contributed by atoms with Crippen LogP contribution in [0.5, 0.6) is 0 Å². The maximum Gasteiger partial charge on any atom is 0.0202 e. The molecule has 0 aromatic carbocycles. The van der Waals surface area contributed by atoms with E-state index >= 15 is 0 Å². The van der Waals surface area contributed by atoms with Crippen molar-refractivity contribution in [3.63, 3.8) is 0 Å². The lowest BCUT2D eigenvalue weighted by Gasteiger charge is -2.25. The van der Waals surface area contributed by atoms with Gasteiger partial charge < -0.3 is 5.32 Å². The molecule has 1 unspecified atom stereocenters. The van der Waals surface area contributed by atoms with Gasteiger partial charge in [-0.05, 0) is 38.6 Å². The lowest BCUT2D eigenvalue weighted by atomic mass is 10.2. The summed E-state index contributed by atoms with van der Waals surface area (Å²) in [6.45, 7) is 8.40. The molecule has 1 saturated carbocycles. The number of thioether (sulfide) groups is 1. The van der Waals surface area contributed by atoms with Crippen molar-refractivity contribution in [3.8, 4) is 0 Å². The van der Waals surface area contributed by atoms with Crippen molar-refractivity contribution in [1.82, 2.24) is 10.2 Å². The van der Waals surface area contributed by atoms with Gasteiger partial charge in [0.15, 0.2) is 0 Å². The molecule has 0 spiro atoms. The van der Waals surface area contributed by atoms with Crippen LogP contribution in [-0.2, 0) is 0 Å². The Bertz CT molecular complexity index is 202. The van der Waals surface area contributed by atoms with Gasteiger partial charge in [-0.1, -0.05) is 6.58 Å². The molecule has 0 heterocycles. The minimum Gasteiger partial charge on any atom is -0.310 e. The molecule has 0 bridgehead atoms. The highest BCUT2D eigenvalue weighted by Crippen LogP contribution is 2.18. The summed E-state index contributed by atoms with van der Waals surface area (Å²) in [4.78, 5) is 2.38. The Morgan fingerprint density at radius 3 is 2.80 bits per heavy atom. The van der Waals surface area contributed by atoms with Gasteiger partial charge in [0.1, 0.15) is 0 Å². The molecule has 0 aromatic heterocycles. The number of likely N-dealkylation sites (N-methyl/N-ethyl adjacent to an activating group) is 1. The van der Waals surface area contributed by atoms with E-state index in [0.717, 1.165) is 19.1 Å². The van der Waals surface area contributed by atoms with Crippen molar-refractivity contribution in [2.24, 2.45) is 0 Å². The first-order valence-corrected chi connectivity index (χ1v) is 7.12. The number of rotatable bonds is 8. The average Bonchev–Trinajstić information content (AvgIpc) is 2.98. The summed E-state index contributed by atoms with van der Waals surface area (Å²) < 4.78 is 0. The molecule has 2 nitrogen and oxygen atoms in total. The maximum atomic E-state index is 4.13. The second kappa shape index (κ2) is 6.56. The van der Waals surface area contributed by atoms with Gasteiger partial charge in [0.05, 0.1) is 0 Å². The Hall–Kier alpha value is 0.0100. The van der Waals surface area contributed by atoms with Crippen molar-refractivity contribution >= 4 is 11.8 Å². The maximum absolute atomic E-state index is 4.13. The van der Waals surface area contributed by atoms with E-state index in [9.17, 15) is 0 Å². The van der Waals surface area contributed by atoms with E-state index in [1.54, 1.807) is 0 Å². The monoisotopic (exact) mass is 228 g/mol. The zero-order valence-corrected chi connectivity index (χ0v) is 11.1. The minimum atomic E-state index is 0.637. The molecule has 3 heteroatoms. The van der Waals surface area contributed by atoms with Crippen molar-refractivity contribution in [2.45, 2.75) is 31.8 Å². The van der Waals surface area contributed by atoms with Crippen LogP contribution in [-0.4, -0.2) is 49.1 Å². The summed E-state index contributed by atoms with van der Waals surface area (Å²) in [5.74, 6) is 1.19. The SMILES string of the molecule is C=C(CNC1CC1)CN(C)C(C)CSC. The molecule has 0 aliphatic heterocycles. The molecule has 1 rings (SSSR count). The van der Waals surface area contributed by atoms with E-state index in [4.69, 9.17) is 0 Å². The first-order chi connectivity index (χ1) is 7.13. The zero-order chi connectivity index (χ0) is 11.3. The van der Waals surface area contributed by atoms with Crippen LogP contribution in [0.25, 0.3) is 0 Å². The molecule has 0 amide bonds. The Morgan fingerprint density at radius 2 is 2.27 bits per heavy atom. The Labute approximate surface area is 98.5 Å². The fraction of sp³-hybridized carbons (Fsp3) is 0.833. The lowest BCUT2D eigenvalue weighted by Crippen LogP contribution is -2.34. The van der Waals surface area contributed by atoms with Crippen molar-refractivity contribution in [1.29, 1.82) is 0 Å². The number of hydrogen-bond donors (Lipinski definition) is 1. The summed E-state index contributed by atoms with van der Waals surface area (Å²) in [6, 6.07) is 1.42. The molecular formula is C12H24N2S. The van der Waals surface area contributed by atoms with Gasteiger partial charge >= 0.3 is 0 Å². The average molecular weight is 228 g/mol. The van der Waals surface area contributed by atoms with Crippen LogP contribution in [0, 0.1) is 0 Å². The van der Waals surface area contributed by atoms with E-state index in [1.807, 2.05) is 11.8 Å². The van der Waals surface area contributed by atoms with E-state index in [2.05, 4.69) is 37.0 Å². The molecular weight excluding hydrogens is 204 g/mol. The number of nitrogens with one attached hydrogen (secondary N) is 1. The molecule has 15 heavy (non-hydrogen) atoms. The minimum absolute atomic E-state index is 0.637. The predicted molar refractivity (Wildman–Crippen MR) is 70.6 cm³/mol. The number of hydrogen-bond acceptors (Lipinski definition) is 3. The Kier molecular flexibility index (Phi) is 5.72. The Morgan fingerprint density at radius 1 is 1.60 bits per heavy atom. The van der Waals surface area contributed by atoms with Crippen LogP contribution in [0.3, 0.4) is 0 Å². The molecule has 1 fully saturated rings. The van der Waals surface area contributed by atoms with Gasteiger partial charge in [0, 0.05) is 30.9 Å². The fourth-order valence-corrected chi connectivity index (χ4v) is 2.25. The van der Waals surface area contributed by atoms with Crippen LogP contribution >= 0.6 is 11.8 Å². The third-order valence-corrected chi connectivity index (χ3v) is 3.67. The molecule has 0 aromatic rings. The highest BCUT2D eigenvalue weighted by atomic mass is 32.2. The summed E-state index contributed by atoms with van der Waals surface area (Å²) >= 11 is 1.91. The largest absolute Gasteiger partial charge is 0.310 e. The van der Waals surface area contributed by atoms with Gasteiger partial charge in [-0.15, -0.1) is 0 Å². The van der Waals surface area contributed by atoms with E-state index in [-0.39, 0.29) is 0 Å². The van der Waals surface area contributed by atoms with E-state index in [0.29, 0.717) is 6.04 Å². The first kappa shape index (κ1) is 13.1. The summed E-state index contributed by atoms with van der Waals surface area (Å²) in [6.07, 6.45) is 4.87. The fourth-order valence-electron chi connectivity index (χ4n) is 1.51. The smallest absolute Gasteiger partial charge is 0.0202 e. The third-order valence-electron chi connectivity index (χ3n) is 2.85. The van der Waals surface area contributed by atoms with Crippen molar-refractivity contribution in [2.75, 3.05) is 32.1 Å². The van der Waals surface area contributed by atoms with Gasteiger partial charge in [-0.2, -0.15) is 11.8 Å². The number of nitrogens with zero attached hydrogens (tertiary/aromatic N) is 1. The van der Waals surface area contributed by atoms with Crippen LogP contribution < -0.4 is 5.32 Å². The van der Waals surface area contributed by atoms with Gasteiger partial charge in [0.2, 0.25) is 0 Å². The third kappa shape index (κ3) is 5.59. The summed E-state index contributed by atoms with van der Waals surface area (Å²) in [5, 5.41) is 3.50. The summed E-state index contributed by atoms with van der Waals surface area (Å²) in [7, 11) is 2.18. The molecule has 88 valence electrons. The molecule has 0 saturated heterocycles. The second-order valence-electron chi connectivity index (χ2n) is 4.62. The molecule has 0 radical (unpaired) electrons. The second-order valence-corrected chi connectivity index (χ2v) is 5.54. The van der Waals surface area contributed by atoms with E-state index in [1.165, 1.54) is 24.2 Å². The first-order valence-electron chi connectivity index (χ1n) is 5.72. The van der Waals surface area contributed by atoms with Crippen molar-refractivity contribution in [3.05, 3.63) is 12.2 Å². The van der Waals surface area contributed by atoms with Crippen LogP contribution in [0.15, 0.2) is 12.2 Å². The van der Waals surface area contributed by atoms with Crippen LogP contribution in [0.1, 0.15) is 19.8 Å². The van der Waals surface area contributed by atoms with E-state index < -0.39 is 0 Å². The molecule has 1 aliphatic rings. The lowest BCUT2D eigenvalue weighted by molar-refractivity contribution is 0.299. The zero-order valence-electron chi connectivity index (χ0n) is 10.3. The van der Waals surface area contributed by atoms with Crippen LogP contribution in [0.4, 0.5) is 0 Å². The highest BCUT2D eigenvalue weighted by Gasteiger charge is 2.20. The summed E-state index contributed by atoms with van der Waals surface area (Å²) in [5.41, 5.74) is 1.30. The van der Waals surface area contributed by atoms with Gasteiger partial charge in [-0.3, -0.25) is 4.90 Å². The van der Waals surface area contributed by atoms with Gasteiger partial charge in [-0.25, -0.2) is 0 Å². The molecule has 1 N–H and O–H groups in total. The molecule has 1 aliphatic carbocycles. The quantitative estimate of drug-likeness (QED) is 0.640. The van der Waals surface area contributed by atoms with Gasteiger partial charge in [0.25, 0.3) is 0 Å². The van der Waals surface area contributed by atoms with Crippen molar-refractivity contribution < 1.29 is 0 Å². The Balaban J connectivity index is 2.11.